The van der Waals surface area contributed by atoms with Crippen molar-refractivity contribution in [3.8, 4) is 0 Å². The van der Waals surface area contributed by atoms with Gasteiger partial charge in [0.05, 0.1) is 0 Å². The Hall–Kier alpha value is -2.73. The van der Waals surface area contributed by atoms with E-state index in [1.54, 1.807) is 6.20 Å². The molecule has 0 saturated carbocycles. The highest BCUT2D eigenvalue weighted by Gasteiger charge is 2.55. The van der Waals surface area contributed by atoms with Crippen LogP contribution in [0.2, 0.25) is 0 Å². The topological polar surface area (TPSA) is 65.5 Å². The van der Waals surface area contributed by atoms with E-state index in [-0.39, 0.29) is 17.9 Å². The van der Waals surface area contributed by atoms with Gasteiger partial charge in [-0.3, -0.25) is 14.7 Å². The van der Waals surface area contributed by atoms with Gasteiger partial charge in [-0.25, -0.2) is 4.79 Å². The zero-order valence-corrected chi connectivity index (χ0v) is 16.9. The molecule has 1 aromatic heterocycles. The number of aromatic nitrogens is 1. The highest BCUT2D eigenvalue weighted by Crippen LogP contribution is 2.36. The Morgan fingerprint density at radius 2 is 1.79 bits per heavy atom. The van der Waals surface area contributed by atoms with Crippen LogP contribution in [0.1, 0.15) is 24.1 Å². The predicted octanol–water partition coefficient (Wildman–Crippen LogP) is 2.50. The van der Waals surface area contributed by atoms with Crippen molar-refractivity contribution < 1.29 is 9.59 Å². The Labute approximate surface area is 171 Å². The van der Waals surface area contributed by atoms with Crippen molar-refractivity contribution in [2.24, 2.45) is 5.92 Å². The summed E-state index contributed by atoms with van der Waals surface area (Å²) < 4.78 is 0. The fraction of sp³-hybridized carbons (Fsp3) is 0.435. The number of urea groups is 1. The molecule has 152 valence electrons. The van der Waals surface area contributed by atoms with Crippen LogP contribution >= 0.6 is 0 Å². The third-order valence-electron chi connectivity index (χ3n) is 6.26. The molecule has 29 heavy (non-hydrogen) atoms. The lowest BCUT2D eigenvalue weighted by molar-refractivity contribution is -0.134. The molecule has 2 aliphatic heterocycles. The largest absolute Gasteiger partial charge is 0.325 e. The summed E-state index contributed by atoms with van der Waals surface area (Å²) in [7, 11) is 2.11. The average molecular weight is 393 g/mol. The van der Waals surface area contributed by atoms with Gasteiger partial charge in [-0.1, -0.05) is 36.4 Å². The lowest BCUT2D eigenvalue weighted by atomic mass is 9.74. The maximum atomic E-state index is 13.7. The molecule has 2 fully saturated rings. The number of amides is 3. The van der Waals surface area contributed by atoms with E-state index >= 15 is 0 Å². The zero-order chi connectivity index (χ0) is 20.3. The lowest BCUT2D eigenvalue weighted by Crippen LogP contribution is -2.57. The summed E-state index contributed by atoms with van der Waals surface area (Å²) in [6.07, 6.45) is 4.65. The second-order valence-corrected chi connectivity index (χ2v) is 8.17. The van der Waals surface area contributed by atoms with Crippen molar-refractivity contribution in [2.45, 2.75) is 31.2 Å². The van der Waals surface area contributed by atoms with Crippen molar-refractivity contribution in [3.63, 3.8) is 0 Å². The molecule has 1 atom stereocenters. The Morgan fingerprint density at radius 1 is 1.07 bits per heavy atom. The number of nitrogens with zero attached hydrogens (tertiary/aromatic N) is 3. The van der Waals surface area contributed by atoms with Crippen LogP contribution in [0.5, 0.6) is 0 Å². The van der Waals surface area contributed by atoms with E-state index in [0.29, 0.717) is 19.4 Å². The number of imide groups is 1. The van der Waals surface area contributed by atoms with Gasteiger partial charge in [0.15, 0.2) is 0 Å². The van der Waals surface area contributed by atoms with Crippen LogP contribution in [0.15, 0.2) is 54.7 Å². The van der Waals surface area contributed by atoms with Crippen molar-refractivity contribution in [1.29, 1.82) is 0 Å². The van der Waals surface area contributed by atoms with Crippen LogP contribution in [0.3, 0.4) is 0 Å². The second kappa shape index (κ2) is 8.33. The first-order valence-corrected chi connectivity index (χ1v) is 10.3. The van der Waals surface area contributed by atoms with Gasteiger partial charge in [-0.05, 0) is 56.6 Å². The quantitative estimate of drug-likeness (QED) is 0.767. The van der Waals surface area contributed by atoms with Crippen LogP contribution in [0, 0.1) is 5.92 Å². The van der Waals surface area contributed by atoms with Crippen molar-refractivity contribution in [2.75, 3.05) is 26.7 Å². The van der Waals surface area contributed by atoms with Crippen LogP contribution in [-0.2, 0) is 17.6 Å². The normalized spacial score (nSPS) is 23.4. The minimum Gasteiger partial charge on any atom is -0.322 e. The van der Waals surface area contributed by atoms with E-state index in [0.717, 1.165) is 37.2 Å². The summed E-state index contributed by atoms with van der Waals surface area (Å²) in [6, 6.07) is 15.4. The Balaban J connectivity index is 1.58. The van der Waals surface area contributed by atoms with E-state index in [1.807, 2.05) is 48.5 Å². The van der Waals surface area contributed by atoms with E-state index in [1.165, 1.54) is 4.90 Å². The molecule has 3 amide bonds. The molecule has 0 bridgehead atoms. The molecule has 2 aliphatic rings. The predicted molar refractivity (Wildman–Crippen MR) is 111 cm³/mol. The number of carbonyl (C=O) groups is 2. The van der Waals surface area contributed by atoms with E-state index in [4.69, 9.17) is 0 Å². The first-order valence-electron chi connectivity index (χ1n) is 10.3. The minimum absolute atomic E-state index is 0.0863. The van der Waals surface area contributed by atoms with Gasteiger partial charge in [0.2, 0.25) is 0 Å². The number of piperidine rings is 1. The summed E-state index contributed by atoms with van der Waals surface area (Å²) in [5, 5.41) is 3.14. The molecule has 2 saturated heterocycles. The molecular formula is C23H28N4O2. The van der Waals surface area contributed by atoms with Gasteiger partial charge < -0.3 is 10.2 Å². The fourth-order valence-electron chi connectivity index (χ4n) is 4.58. The molecule has 0 aliphatic carbocycles. The molecule has 6 nitrogen and oxygen atoms in total. The Bertz CT molecular complexity index is 850. The van der Waals surface area contributed by atoms with E-state index in [9.17, 15) is 9.59 Å². The summed E-state index contributed by atoms with van der Waals surface area (Å²) >= 11 is 0. The third kappa shape index (κ3) is 4.03. The number of benzene rings is 1. The maximum absolute atomic E-state index is 13.7. The number of likely N-dealkylation sites (tertiary alicyclic amines) is 1. The summed E-state index contributed by atoms with van der Waals surface area (Å²) in [5.41, 5.74) is 1.10. The lowest BCUT2D eigenvalue weighted by Gasteiger charge is -2.40. The standard InChI is InChI=1S/C23H28N4O2/c1-26-14-10-19(11-15-26)23(17-18-7-3-2-4-8-18)21(28)27(22(29)25-23)16-12-20-9-5-6-13-24-20/h2-9,13,19H,10-12,14-17H2,1H3,(H,25,29). The minimum atomic E-state index is -0.857. The fourth-order valence-corrected chi connectivity index (χ4v) is 4.58. The number of pyridine rings is 1. The van der Waals surface area contributed by atoms with E-state index in [2.05, 4.69) is 22.2 Å². The molecule has 1 unspecified atom stereocenters. The molecule has 2 aromatic rings. The molecule has 4 rings (SSSR count). The molecule has 0 radical (unpaired) electrons. The van der Waals surface area contributed by atoms with Gasteiger partial charge in [0.1, 0.15) is 5.54 Å². The second-order valence-electron chi connectivity index (χ2n) is 8.17. The summed E-state index contributed by atoms with van der Waals surface area (Å²) in [5.74, 6) is 0.0482. The highest BCUT2D eigenvalue weighted by atomic mass is 16.2. The monoisotopic (exact) mass is 392 g/mol. The molecule has 1 aromatic carbocycles. The number of hydrogen-bond acceptors (Lipinski definition) is 4. The van der Waals surface area contributed by atoms with Crippen LogP contribution in [0.25, 0.3) is 0 Å². The summed E-state index contributed by atoms with van der Waals surface area (Å²) in [4.78, 5) is 34.5. The average Bonchev–Trinajstić information content (AvgIpc) is 2.98. The molecule has 1 N–H and O–H groups in total. The Kier molecular flexibility index (Phi) is 5.62. The summed E-state index contributed by atoms with van der Waals surface area (Å²) in [6.45, 7) is 2.24. The molecule has 6 heteroatoms. The van der Waals surface area contributed by atoms with Gasteiger partial charge in [0.25, 0.3) is 5.91 Å². The molecule has 3 heterocycles. The van der Waals surface area contributed by atoms with Crippen LogP contribution in [0.4, 0.5) is 4.79 Å². The van der Waals surface area contributed by atoms with Crippen molar-refractivity contribution in [1.82, 2.24) is 20.1 Å². The zero-order valence-electron chi connectivity index (χ0n) is 16.9. The number of nitrogens with one attached hydrogen (secondary N) is 1. The highest BCUT2D eigenvalue weighted by molar-refractivity contribution is 6.07. The van der Waals surface area contributed by atoms with Crippen LogP contribution in [-0.4, -0.2) is 58.9 Å². The third-order valence-corrected chi connectivity index (χ3v) is 6.26. The first-order chi connectivity index (χ1) is 14.1. The number of rotatable bonds is 6. The molecule has 0 spiro atoms. The van der Waals surface area contributed by atoms with Gasteiger partial charge in [-0.15, -0.1) is 0 Å². The van der Waals surface area contributed by atoms with Crippen molar-refractivity contribution >= 4 is 11.9 Å². The Morgan fingerprint density at radius 3 is 2.48 bits per heavy atom. The van der Waals surface area contributed by atoms with Gasteiger partial charge >= 0.3 is 6.03 Å². The number of hydrogen-bond donors (Lipinski definition) is 1. The smallest absolute Gasteiger partial charge is 0.322 e. The molecular weight excluding hydrogens is 364 g/mol. The van der Waals surface area contributed by atoms with Crippen LogP contribution < -0.4 is 5.32 Å². The van der Waals surface area contributed by atoms with Crippen molar-refractivity contribution in [3.05, 3.63) is 66.0 Å². The number of carbonyl (C=O) groups excluding carboxylic acids is 2. The van der Waals surface area contributed by atoms with E-state index < -0.39 is 5.54 Å². The SMILES string of the molecule is CN1CCC(C2(Cc3ccccc3)NC(=O)N(CCc3ccccn3)C2=O)CC1. The van der Waals surface area contributed by atoms with Gasteiger partial charge in [-0.2, -0.15) is 0 Å². The van der Waals surface area contributed by atoms with Gasteiger partial charge in [0, 0.05) is 31.3 Å². The maximum Gasteiger partial charge on any atom is 0.325 e. The first kappa shape index (κ1) is 19.6.